The van der Waals surface area contributed by atoms with E-state index in [1.165, 1.54) is 0 Å². The molecule has 0 saturated carbocycles. The Morgan fingerprint density at radius 1 is 1.24 bits per heavy atom. The molecule has 0 aliphatic rings. The standard InChI is InChI=1S/C18H27NO2/c1-3-10-18(21,11-4-2)12-8-15-6-5-7-16(14-15)17(20)9-13-19/h5-7,14,17,20-21H,3-4,9-11,13,19H2,1-2H3/t17-/m1/s1. The fraction of sp³-hybridized carbons (Fsp3) is 0.556. The first kappa shape index (κ1) is 17.7. The second-order valence-corrected chi connectivity index (χ2v) is 5.50. The van der Waals surface area contributed by atoms with E-state index in [1.54, 1.807) is 0 Å². The zero-order chi connectivity index (χ0) is 15.7. The van der Waals surface area contributed by atoms with Crippen LogP contribution in [0, 0.1) is 11.8 Å². The van der Waals surface area contributed by atoms with E-state index in [2.05, 4.69) is 11.8 Å². The topological polar surface area (TPSA) is 66.5 Å². The molecule has 3 heteroatoms. The van der Waals surface area contributed by atoms with Crippen LogP contribution in [-0.2, 0) is 0 Å². The van der Waals surface area contributed by atoms with E-state index in [9.17, 15) is 10.2 Å². The molecule has 0 amide bonds. The van der Waals surface area contributed by atoms with Gasteiger partial charge < -0.3 is 15.9 Å². The molecule has 3 nitrogen and oxygen atoms in total. The van der Waals surface area contributed by atoms with Crippen LogP contribution in [0.25, 0.3) is 0 Å². The molecule has 4 N–H and O–H groups in total. The Labute approximate surface area is 128 Å². The van der Waals surface area contributed by atoms with Crippen LogP contribution in [-0.4, -0.2) is 22.4 Å². The number of benzene rings is 1. The van der Waals surface area contributed by atoms with Crippen molar-refractivity contribution >= 4 is 0 Å². The van der Waals surface area contributed by atoms with Crippen molar-refractivity contribution in [2.75, 3.05) is 6.54 Å². The van der Waals surface area contributed by atoms with Crippen molar-refractivity contribution in [3.05, 3.63) is 35.4 Å². The fourth-order valence-electron chi connectivity index (χ4n) is 2.41. The third-order valence-corrected chi connectivity index (χ3v) is 3.48. The molecular weight excluding hydrogens is 262 g/mol. The van der Waals surface area contributed by atoms with Gasteiger partial charge in [0.05, 0.1) is 6.10 Å². The molecule has 0 heterocycles. The lowest BCUT2D eigenvalue weighted by Gasteiger charge is -2.20. The third-order valence-electron chi connectivity index (χ3n) is 3.48. The van der Waals surface area contributed by atoms with E-state index >= 15 is 0 Å². The van der Waals surface area contributed by atoms with Gasteiger partial charge in [-0.2, -0.15) is 0 Å². The minimum atomic E-state index is -0.907. The highest BCUT2D eigenvalue weighted by Crippen LogP contribution is 2.20. The summed E-state index contributed by atoms with van der Waals surface area (Å²) in [7, 11) is 0. The van der Waals surface area contributed by atoms with Gasteiger partial charge in [-0.15, -0.1) is 0 Å². The summed E-state index contributed by atoms with van der Waals surface area (Å²) >= 11 is 0. The van der Waals surface area contributed by atoms with Crippen molar-refractivity contribution in [2.45, 2.75) is 57.7 Å². The quantitative estimate of drug-likeness (QED) is 0.676. The van der Waals surface area contributed by atoms with Gasteiger partial charge in [0.25, 0.3) is 0 Å². The Bertz CT molecular complexity index is 481. The largest absolute Gasteiger partial charge is 0.388 e. The van der Waals surface area contributed by atoms with Gasteiger partial charge in [0.1, 0.15) is 5.60 Å². The maximum Gasteiger partial charge on any atom is 0.125 e. The molecule has 116 valence electrons. The molecular formula is C18H27NO2. The fourth-order valence-corrected chi connectivity index (χ4v) is 2.41. The van der Waals surface area contributed by atoms with E-state index in [4.69, 9.17) is 5.73 Å². The van der Waals surface area contributed by atoms with Crippen LogP contribution in [0.2, 0.25) is 0 Å². The average molecular weight is 289 g/mol. The Morgan fingerprint density at radius 3 is 2.48 bits per heavy atom. The molecule has 0 spiro atoms. The predicted molar refractivity (Wildman–Crippen MR) is 86.7 cm³/mol. The number of hydrogen-bond acceptors (Lipinski definition) is 3. The van der Waals surface area contributed by atoms with Crippen LogP contribution in [0.5, 0.6) is 0 Å². The van der Waals surface area contributed by atoms with Crippen LogP contribution < -0.4 is 5.73 Å². The Balaban J connectivity index is 2.92. The molecule has 0 aliphatic heterocycles. The summed E-state index contributed by atoms with van der Waals surface area (Å²) in [6, 6.07) is 7.50. The third kappa shape index (κ3) is 5.89. The van der Waals surface area contributed by atoms with Crippen LogP contribution in [0.3, 0.4) is 0 Å². The normalized spacial score (nSPS) is 12.6. The summed E-state index contributed by atoms with van der Waals surface area (Å²) < 4.78 is 0. The number of hydrogen-bond donors (Lipinski definition) is 3. The second kappa shape index (κ2) is 8.84. The molecule has 1 aromatic carbocycles. The van der Waals surface area contributed by atoms with E-state index < -0.39 is 11.7 Å². The van der Waals surface area contributed by atoms with Crippen molar-refractivity contribution in [2.24, 2.45) is 5.73 Å². The van der Waals surface area contributed by atoms with Gasteiger partial charge in [0, 0.05) is 5.56 Å². The molecule has 0 aliphatic carbocycles. The first-order chi connectivity index (χ1) is 10.0. The number of aliphatic hydroxyl groups is 2. The first-order valence-electron chi connectivity index (χ1n) is 7.78. The Hall–Kier alpha value is -1.34. The molecule has 21 heavy (non-hydrogen) atoms. The number of rotatable bonds is 7. The SMILES string of the molecule is CCCC(O)(C#Cc1cccc([C@H](O)CCN)c1)CCC. The number of aliphatic hydroxyl groups excluding tert-OH is 1. The highest BCUT2D eigenvalue weighted by Gasteiger charge is 2.21. The molecule has 1 atom stereocenters. The first-order valence-corrected chi connectivity index (χ1v) is 7.78. The highest BCUT2D eigenvalue weighted by atomic mass is 16.3. The van der Waals surface area contributed by atoms with Crippen molar-refractivity contribution in [3.63, 3.8) is 0 Å². The molecule has 0 radical (unpaired) electrons. The molecule has 1 rings (SSSR count). The average Bonchev–Trinajstić information content (AvgIpc) is 2.46. The van der Waals surface area contributed by atoms with E-state index in [1.807, 2.05) is 38.1 Å². The summed E-state index contributed by atoms with van der Waals surface area (Å²) in [5, 5.41) is 20.5. The summed E-state index contributed by atoms with van der Waals surface area (Å²) in [5.74, 6) is 6.06. The predicted octanol–water partition coefficient (Wildman–Crippen LogP) is 2.75. The van der Waals surface area contributed by atoms with Gasteiger partial charge in [0.2, 0.25) is 0 Å². The van der Waals surface area contributed by atoms with E-state index in [0.29, 0.717) is 25.8 Å². The Morgan fingerprint density at radius 2 is 1.90 bits per heavy atom. The molecule has 0 fully saturated rings. The van der Waals surface area contributed by atoms with Gasteiger partial charge in [-0.1, -0.05) is 50.7 Å². The van der Waals surface area contributed by atoms with Gasteiger partial charge in [-0.25, -0.2) is 0 Å². The summed E-state index contributed by atoms with van der Waals surface area (Å²) in [6.45, 7) is 4.54. The van der Waals surface area contributed by atoms with Gasteiger partial charge in [-0.3, -0.25) is 0 Å². The second-order valence-electron chi connectivity index (χ2n) is 5.50. The lowest BCUT2D eigenvalue weighted by atomic mass is 9.93. The Kier molecular flexibility index (Phi) is 7.45. The van der Waals surface area contributed by atoms with Crippen molar-refractivity contribution in [1.29, 1.82) is 0 Å². The van der Waals surface area contributed by atoms with Crippen molar-refractivity contribution in [1.82, 2.24) is 0 Å². The lowest BCUT2D eigenvalue weighted by molar-refractivity contribution is 0.0807. The van der Waals surface area contributed by atoms with Crippen LogP contribution >= 0.6 is 0 Å². The molecule has 0 unspecified atom stereocenters. The summed E-state index contributed by atoms with van der Waals surface area (Å²) in [4.78, 5) is 0. The molecule has 0 bridgehead atoms. The van der Waals surface area contributed by atoms with Crippen LogP contribution in [0.1, 0.15) is 63.2 Å². The number of nitrogens with two attached hydrogens (primary N) is 1. The van der Waals surface area contributed by atoms with Crippen molar-refractivity contribution < 1.29 is 10.2 Å². The van der Waals surface area contributed by atoms with Gasteiger partial charge in [-0.05, 0) is 43.5 Å². The smallest absolute Gasteiger partial charge is 0.125 e. The molecule has 0 saturated heterocycles. The maximum atomic E-state index is 10.5. The minimum absolute atomic E-state index is 0.448. The minimum Gasteiger partial charge on any atom is -0.388 e. The molecule has 0 aromatic heterocycles. The highest BCUT2D eigenvalue weighted by molar-refractivity contribution is 5.39. The van der Waals surface area contributed by atoms with Gasteiger partial charge >= 0.3 is 0 Å². The van der Waals surface area contributed by atoms with Crippen LogP contribution in [0.15, 0.2) is 24.3 Å². The van der Waals surface area contributed by atoms with Crippen LogP contribution in [0.4, 0.5) is 0 Å². The van der Waals surface area contributed by atoms with E-state index in [-0.39, 0.29) is 0 Å². The lowest BCUT2D eigenvalue weighted by Crippen LogP contribution is -2.25. The van der Waals surface area contributed by atoms with E-state index in [0.717, 1.165) is 24.0 Å². The van der Waals surface area contributed by atoms with Crippen molar-refractivity contribution in [3.8, 4) is 11.8 Å². The zero-order valence-corrected chi connectivity index (χ0v) is 13.1. The molecule has 1 aromatic rings. The maximum absolute atomic E-state index is 10.5. The van der Waals surface area contributed by atoms with Gasteiger partial charge in [0.15, 0.2) is 0 Å². The summed E-state index contributed by atoms with van der Waals surface area (Å²) in [6.07, 6.45) is 3.15. The summed E-state index contributed by atoms with van der Waals surface area (Å²) in [5.41, 5.74) is 6.19. The monoisotopic (exact) mass is 289 g/mol. The zero-order valence-electron chi connectivity index (χ0n) is 13.1.